The van der Waals surface area contributed by atoms with Crippen LogP contribution >= 0.6 is 0 Å². The highest BCUT2D eigenvalue weighted by Gasteiger charge is 2.26. The van der Waals surface area contributed by atoms with Gasteiger partial charge in [0.15, 0.2) is 0 Å². The summed E-state index contributed by atoms with van der Waals surface area (Å²) in [5, 5.41) is 3.49. The lowest BCUT2D eigenvalue weighted by Crippen LogP contribution is -2.41. The molecule has 0 saturated carbocycles. The van der Waals surface area contributed by atoms with E-state index in [1.807, 2.05) is 0 Å². The second-order valence-corrected chi connectivity index (χ2v) is 5.32. The maximum atomic E-state index is 3.49. The van der Waals surface area contributed by atoms with Gasteiger partial charge in [0.05, 0.1) is 0 Å². The normalized spacial score (nSPS) is 23.1. The Morgan fingerprint density at radius 3 is 2.12 bits per heavy atom. The van der Waals surface area contributed by atoms with Crippen molar-refractivity contribution < 1.29 is 0 Å². The first-order valence-electron chi connectivity index (χ1n) is 6.95. The minimum Gasteiger partial charge on any atom is -0.317 e. The van der Waals surface area contributed by atoms with Crippen LogP contribution in [0.15, 0.2) is 24.3 Å². The molecule has 3 rings (SSSR count). The third-order valence-corrected chi connectivity index (χ3v) is 4.14. The number of hydrogen-bond donors (Lipinski definition) is 1. The Morgan fingerprint density at radius 1 is 0.941 bits per heavy atom. The summed E-state index contributed by atoms with van der Waals surface area (Å²) in [5.41, 5.74) is 3.16. The first-order valence-corrected chi connectivity index (χ1v) is 6.95. The van der Waals surface area contributed by atoms with Crippen LogP contribution in [0.25, 0.3) is 0 Å². The molecule has 2 heteroatoms. The smallest absolute Gasteiger partial charge is 0.0176 e. The van der Waals surface area contributed by atoms with Gasteiger partial charge < -0.3 is 5.32 Å². The molecule has 1 saturated heterocycles. The van der Waals surface area contributed by atoms with E-state index in [2.05, 4.69) is 34.5 Å². The Kier molecular flexibility index (Phi) is 3.44. The molecule has 0 aromatic heterocycles. The molecule has 0 atom stereocenters. The SMILES string of the molecule is c1ccc2c(c1)CC(N1CCCNCCC1)C2. The summed E-state index contributed by atoms with van der Waals surface area (Å²) in [7, 11) is 0. The summed E-state index contributed by atoms with van der Waals surface area (Å²) in [6.45, 7) is 4.92. The number of nitrogens with one attached hydrogen (secondary N) is 1. The van der Waals surface area contributed by atoms with Gasteiger partial charge in [0.2, 0.25) is 0 Å². The van der Waals surface area contributed by atoms with Gasteiger partial charge in [0.25, 0.3) is 0 Å². The number of benzene rings is 1. The average molecular weight is 230 g/mol. The van der Waals surface area contributed by atoms with Gasteiger partial charge in [0.1, 0.15) is 0 Å². The van der Waals surface area contributed by atoms with Crippen LogP contribution < -0.4 is 5.32 Å². The molecule has 1 heterocycles. The Morgan fingerprint density at radius 2 is 1.53 bits per heavy atom. The van der Waals surface area contributed by atoms with Gasteiger partial charge in [0, 0.05) is 6.04 Å². The van der Waals surface area contributed by atoms with Crippen LogP contribution in [-0.4, -0.2) is 37.1 Å². The van der Waals surface area contributed by atoms with Crippen molar-refractivity contribution in [1.82, 2.24) is 10.2 Å². The predicted molar refractivity (Wildman–Crippen MR) is 71.3 cm³/mol. The lowest BCUT2D eigenvalue weighted by atomic mass is 10.1. The van der Waals surface area contributed by atoms with Gasteiger partial charge in [-0.2, -0.15) is 0 Å². The molecule has 0 spiro atoms. The van der Waals surface area contributed by atoms with Crippen molar-refractivity contribution in [2.24, 2.45) is 0 Å². The zero-order valence-electron chi connectivity index (χ0n) is 10.5. The van der Waals surface area contributed by atoms with Crippen LogP contribution in [0.1, 0.15) is 24.0 Å². The van der Waals surface area contributed by atoms with E-state index in [1.54, 1.807) is 11.1 Å². The molecule has 0 amide bonds. The third-order valence-electron chi connectivity index (χ3n) is 4.14. The van der Waals surface area contributed by atoms with Crippen molar-refractivity contribution in [2.45, 2.75) is 31.7 Å². The molecule has 2 nitrogen and oxygen atoms in total. The molecular weight excluding hydrogens is 208 g/mol. The van der Waals surface area contributed by atoms with Crippen molar-refractivity contribution in [3.63, 3.8) is 0 Å². The van der Waals surface area contributed by atoms with Gasteiger partial charge in [-0.15, -0.1) is 0 Å². The van der Waals surface area contributed by atoms with Crippen molar-refractivity contribution in [3.05, 3.63) is 35.4 Å². The van der Waals surface area contributed by atoms with Gasteiger partial charge in [-0.25, -0.2) is 0 Å². The Labute approximate surface area is 104 Å². The van der Waals surface area contributed by atoms with E-state index in [9.17, 15) is 0 Å². The van der Waals surface area contributed by atoms with Crippen molar-refractivity contribution in [2.75, 3.05) is 26.2 Å². The number of fused-ring (bicyclic) bond motifs is 1. The minimum atomic E-state index is 0.769. The topological polar surface area (TPSA) is 15.3 Å². The zero-order chi connectivity index (χ0) is 11.5. The lowest BCUT2D eigenvalue weighted by Gasteiger charge is -2.30. The highest BCUT2D eigenvalue weighted by molar-refractivity contribution is 5.33. The standard InChI is InChI=1S/C15H22N2/c1-2-6-14-12-15(11-13(14)5-1)17-9-3-7-16-8-4-10-17/h1-2,5-6,15-16H,3-4,7-12H2. The fourth-order valence-electron chi connectivity index (χ4n) is 3.21. The Balaban J connectivity index is 1.66. The first-order chi connectivity index (χ1) is 8.43. The average Bonchev–Trinajstić information content (AvgIpc) is 2.71. The van der Waals surface area contributed by atoms with Crippen LogP contribution in [0.2, 0.25) is 0 Å². The van der Waals surface area contributed by atoms with Crippen molar-refractivity contribution in [3.8, 4) is 0 Å². The largest absolute Gasteiger partial charge is 0.317 e. The molecule has 1 aliphatic heterocycles. The molecule has 17 heavy (non-hydrogen) atoms. The van der Waals surface area contributed by atoms with Gasteiger partial charge in [-0.05, 0) is 63.0 Å². The highest BCUT2D eigenvalue weighted by atomic mass is 15.2. The van der Waals surface area contributed by atoms with E-state index < -0.39 is 0 Å². The second kappa shape index (κ2) is 5.19. The van der Waals surface area contributed by atoms with Crippen LogP contribution in [0.5, 0.6) is 0 Å². The number of nitrogens with zero attached hydrogens (tertiary/aromatic N) is 1. The molecule has 2 aliphatic rings. The number of hydrogen-bond acceptors (Lipinski definition) is 2. The van der Waals surface area contributed by atoms with Crippen LogP contribution in [0.4, 0.5) is 0 Å². The van der Waals surface area contributed by atoms with E-state index in [1.165, 1.54) is 51.9 Å². The van der Waals surface area contributed by atoms with Crippen LogP contribution in [0, 0.1) is 0 Å². The maximum Gasteiger partial charge on any atom is 0.0176 e. The van der Waals surface area contributed by atoms with Crippen molar-refractivity contribution >= 4 is 0 Å². The van der Waals surface area contributed by atoms with Crippen molar-refractivity contribution in [1.29, 1.82) is 0 Å². The molecule has 1 aromatic carbocycles. The quantitative estimate of drug-likeness (QED) is 0.792. The summed E-state index contributed by atoms with van der Waals surface area (Å²) in [6.07, 6.45) is 5.13. The Bertz CT molecular complexity index is 342. The molecule has 92 valence electrons. The van der Waals surface area contributed by atoms with E-state index in [-0.39, 0.29) is 0 Å². The zero-order valence-corrected chi connectivity index (χ0v) is 10.5. The van der Waals surface area contributed by atoms with Gasteiger partial charge in [-0.3, -0.25) is 4.90 Å². The molecular formula is C15H22N2. The maximum absolute atomic E-state index is 3.49. The number of rotatable bonds is 1. The fraction of sp³-hybridized carbons (Fsp3) is 0.600. The molecule has 1 aromatic rings. The first kappa shape index (κ1) is 11.2. The lowest BCUT2D eigenvalue weighted by molar-refractivity contribution is 0.187. The van der Waals surface area contributed by atoms with Gasteiger partial charge in [-0.1, -0.05) is 24.3 Å². The molecule has 0 bridgehead atoms. The van der Waals surface area contributed by atoms with Crippen LogP contribution in [0.3, 0.4) is 0 Å². The summed E-state index contributed by atoms with van der Waals surface area (Å²) < 4.78 is 0. The summed E-state index contributed by atoms with van der Waals surface area (Å²) in [5.74, 6) is 0. The van der Waals surface area contributed by atoms with E-state index in [0.29, 0.717) is 0 Å². The second-order valence-electron chi connectivity index (χ2n) is 5.32. The summed E-state index contributed by atoms with van der Waals surface area (Å²) in [4.78, 5) is 2.72. The van der Waals surface area contributed by atoms with E-state index in [0.717, 1.165) is 6.04 Å². The van der Waals surface area contributed by atoms with E-state index in [4.69, 9.17) is 0 Å². The minimum absolute atomic E-state index is 0.769. The summed E-state index contributed by atoms with van der Waals surface area (Å²) >= 11 is 0. The molecule has 1 fully saturated rings. The summed E-state index contributed by atoms with van der Waals surface area (Å²) in [6, 6.07) is 9.74. The fourth-order valence-corrected chi connectivity index (χ4v) is 3.21. The highest BCUT2D eigenvalue weighted by Crippen LogP contribution is 2.25. The van der Waals surface area contributed by atoms with Crippen LogP contribution in [-0.2, 0) is 12.8 Å². The molecule has 0 radical (unpaired) electrons. The third kappa shape index (κ3) is 2.53. The molecule has 1 N–H and O–H groups in total. The molecule has 0 unspecified atom stereocenters. The van der Waals surface area contributed by atoms with E-state index >= 15 is 0 Å². The Hall–Kier alpha value is -0.860. The van der Waals surface area contributed by atoms with Gasteiger partial charge >= 0.3 is 0 Å². The molecule has 1 aliphatic carbocycles. The monoisotopic (exact) mass is 230 g/mol. The predicted octanol–water partition coefficient (Wildman–Crippen LogP) is 1.84.